The third kappa shape index (κ3) is 3.24. The molecule has 1 heterocycles. The second-order valence-electron chi connectivity index (χ2n) is 3.79. The van der Waals surface area contributed by atoms with Crippen molar-refractivity contribution in [2.24, 2.45) is 0 Å². The van der Waals surface area contributed by atoms with Gasteiger partial charge in [0, 0.05) is 11.4 Å². The molecule has 0 aliphatic heterocycles. The van der Waals surface area contributed by atoms with Crippen LogP contribution in [0.1, 0.15) is 11.7 Å². The van der Waals surface area contributed by atoms with Gasteiger partial charge in [0.15, 0.2) is 0 Å². The summed E-state index contributed by atoms with van der Waals surface area (Å²) in [5.41, 5.74) is 6.87. The number of anilines is 2. The van der Waals surface area contributed by atoms with Crippen molar-refractivity contribution in [3.8, 4) is 0 Å². The maximum atomic E-state index is 11.6. The first-order valence-corrected chi connectivity index (χ1v) is 5.45. The highest BCUT2D eigenvalue weighted by molar-refractivity contribution is 5.89. The van der Waals surface area contributed by atoms with Crippen molar-refractivity contribution in [1.29, 1.82) is 0 Å². The zero-order valence-corrected chi connectivity index (χ0v) is 9.93. The van der Waals surface area contributed by atoms with E-state index < -0.39 is 0 Å². The number of rotatable bonds is 3. The Hall–Kier alpha value is -2.50. The number of benzene rings is 1. The Balaban J connectivity index is 1.83. The van der Waals surface area contributed by atoms with Crippen molar-refractivity contribution in [3.63, 3.8) is 0 Å². The van der Waals surface area contributed by atoms with Gasteiger partial charge in [-0.15, -0.1) is 0 Å². The normalized spacial score (nSPS) is 10.1. The number of aromatic nitrogens is 1. The highest BCUT2D eigenvalue weighted by Gasteiger charge is 2.04. The van der Waals surface area contributed by atoms with Gasteiger partial charge in [-0.1, -0.05) is 0 Å². The second-order valence-corrected chi connectivity index (χ2v) is 3.79. The monoisotopic (exact) mass is 246 g/mol. The zero-order valence-electron chi connectivity index (χ0n) is 9.93. The van der Waals surface area contributed by atoms with Crippen molar-refractivity contribution >= 4 is 17.4 Å². The van der Waals surface area contributed by atoms with Crippen molar-refractivity contribution in [1.82, 2.24) is 10.3 Å². The predicted octanol–water partition coefficient (Wildman–Crippen LogP) is 1.89. The Bertz CT molecular complexity index is 533. The molecule has 1 aromatic carbocycles. The molecule has 2 rings (SSSR count). The van der Waals surface area contributed by atoms with Crippen LogP contribution in [-0.2, 0) is 6.54 Å². The summed E-state index contributed by atoms with van der Waals surface area (Å²) in [6, 6.07) is 6.56. The molecule has 94 valence electrons. The number of hydrogen-bond acceptors (Lipinski definition) is 4. The minimum atomic E-state index is -0.323. The maximum absolute atomic E-state index is 11.6. The molecule has 1 aromatic heterocycles. The summed E-state index contributed by atoms with van der Waals surface area (Å²) < 4.78 is 5.23. The third-order valence-corrected chi connectivity index (χ3v) is 2.24. The van der Waals surface area contributed by atoms with E-state index in [2.05, 4.69) is 15.6 Å². The van der Waals surface area contributed by atoms with E-state index in [0.717, 1.165) is 0 Å². The molecular formula is C12H14N4O2. The number of carbonyl (C=O) groups is 1. The van der Waals surface area contributed by atoms with Gasteiger partial charge in [0.1, 0.15) is 5.76 Å². The average molecular weight is 246 g/mol. The maximum Gasteiger partial charge on any atom is 0.319 e. The summed E-state index contributed by atoms with van der Waals surface area (Å²) >= 11 is 0. The Morgan fingerprint density at radius 1 is 1.39 bits per heavy atom. The van der Waals surface area contributed by atoms with E-state index in [1.54, 1.807) is 37.4 Å². The number of urea groups is 1. The van der Waals surface area contributed by atoms with Gasteiger partial charge in [-0.25, -0.2) is 9.78 Å². The molecule has 0 aliphatic rings. The van der Waals surface area contributed by atoms with Gasteiger partial charge in [-0.05, 0) is 31.2 Å². The summed E-state index contributed by atoms with van der Waals surface area (Å²) in [5, 5.41) is 5.31. The first-order valence-electron chi connectivity index (χ1n) is 5.45. The molecule has 18 heavy (non-hydrogen) atoms. The van der Waals surface area contributed by atoms with Crippen LogP contribution in [0.5, 0.6) is 0 Å². The topological polar surface area (TPSA) is 93.2 Å². The fourth-order valence-corrected chi connectivity index (χ4v) is 1.38. The SMILES string of the molecule is Cc1cnc(CNC(=O)Nc2ccc(N)cc2)o1. The minimum Gasteiger partial charge on any atom is -0.444 e. The number of oxazole rings is 1. The van der Waals surface area contributed by atoms with Crippen LogP contribution >= 0.6 is 0 Å². The van der Waals surface area contributed by atoms with E-state index in [1.807, 2.05) is 0 Å². The number of carbonyl (C=O) groups excluding carboxylic acids is 1. The van der Waals surface area contributed by atoms with Gasteiger partial charge < -0.3 is 20.8 Å². The Kier molecular flexibility index (Phi) is 3.47. The number of nitrogen functional groups attached to an aromatic ring is 1. The third-order valence-electron chi connectivity index (χ3n) is 2.24. The van der Waals surface area contributed by atoms with Crippen molar-refractivity contribution in [2.45, 2.75) is 13.5 Å². The second kappa shape index (κ2) is 5.22. The molecule has 0 saturated heterocycles. The Morgan fingerprint density at radius 3 is 2.72 bits per heavy atom. The molecule has 0 saturated carbocycles. The molecule has 0 atom stereocenters. The molecule has 0 bridgehead atoms. The van der Waals surface area contributed by atoms with Crippen LogP contribution in [0.4, 0.5) is 16.2 Å². The van der Waals surface area contributed by atoms with E-state index >= 15 is 0 Å². The largest absolute Gasteiger partial charge is 0.444 e. The molecular weight excluding hydrogens is 232 g/mol. The summed E-state index contributed by atoms with van der Waals surface area (Å²) in [6.45, 7) is 2.04. The molecule has 4 N–H and O–H groups in total. The molecule has 0 fully saturated rings. The number of nitrogens with one attached hydrogen (secondary N) is 2. The molecule has 0 radical (unpaired) electrons. The molecule has 0 unspecified atom stereocenters. The average Bonchev–Trinajstić information content (AvgIpc) is 2.76. The van der Waals surface area contributed by atoms with E-state index in [4.69, 9.17) is 10.2 Å². The fourth-order valence-electron chi connectivity index (χ4n) is 1.38. The minimum absolute atomic E-state index is 0.245. The molecule has 2 aromatic rings. The lowest BCUT2D eigenvalue weighted by Gasteiger charge is -2.06. The highest BCUT2D eigenvalue weighted by atomic mass is 16.4. The van der Waals surface area contributed by atoms with E-state index in [9.17, 15) is 4.79 Å². The van der Waals surface area contributed by atoms with Gasteiger partial charge >= 0.3 is 6.03 Å². The number of nitrogens with zero attached hydrogens (tertiary/aromatic N) is 1. The lowest BCUT2D eigenvalue weighted by atomic mass is 10.3. The van der Waals surface area contributed by atoms with Crippen molar-refractivity contribution in [2.75, 3.05) is 11.1 Å². The number of hydrogen-bond donors (Lipinski definition) is 3. The van der Waals surface area contributed by atoms with Crippen LogP contribution in [0.3, 0.4) is 0 Å². The predicted molar refractivity (Wildman–Crippen MR) is 68.0 cm³/mol. The van der Waals surface area contributed by atoms with Crippen molar-refractivity contribution < 1.29 is 9.21 Å². The number of nitrogens with two attached hydrogens (primary N) is 1. The standard InChI is InChI=1S/C12H14N4O2/c1-8-6-14-11(18-8)7-15-12(17)16-10-4-2-9(13)3-5-10/h2-6H,7,13H2,1H3,(H2,15,16,17). The van der Waals surface area contributed by atoms with E-state index in [-0.39, 0.29) is 12.6 Å². The molecule has 2 amide bonds. The van der Waals surface area contributed by atoms with Crippen LogP contribution in [0, 0.1) is 6.92 Å². The van der Waals surface area contributed by atoms with E-state index in [1.165, 1.54) is 0 Å². The lowest BCUT2D eigenvalue weighted by Crippen LogP contribution is -2.28. The summed E-state index contributed by atoms with van der Waals surface area (Å²) in [7, 11) is 0. The number of amides is 2. The summed E-state index contributed by atoms with van der Waals surface area (Å²) in [5.74, 6) is 1.19. The molecule has 0 aliphatic carbocycles. The summed E-state index contributed by atoms with van der Waals surface area (Å²) in [4.78, 5) is 15.5. The van der Waals surface area contributed by atoms with Crippen LogP contribution < -0.4 is 16.4 Å². The van der Waals surface area contributed by atoms with Crippen LogP contribution in [-0.4, -0.2) is 11.0 Å². The van der Waals surface area contributed by atoms with Gasteiger partial charge in [-0.3, -0.25) is 0 Å². The molecule has 6 heteroatoms. The molecule has 6 nitrogen and oxygen atoms in total. The number of aryl methyl sites for hydroxylation is 1. The fraction of sp³-hybridized carbons (Fsp3) is 0.167. The quantitative estimate of drug-likeness (QED) is 0.721. The molecule has 0 spiro atoms. The van der Waals surface area contributed by atoms with E-state index in [0.29, 0.717) is 23.0 Å². The Labute approximate surface area is 104 Å². The first-order chi connectivity index (χ1) is 8.63. The first kappa shape index (κ1) is 12.0. The van der Waals surface area contributed by atoms with Gasteiger partial charge in [-0.2, -0.15) is 0 Å². The smallest absolute Gasteiger partial charge is 0.319 e. The zero-order chi connectivity index (χ0) is 13.0. The summed E-state index contributed by atoms with van der Waals surface area (Å²) in [6.07, 6.45) is 1.61. The van der Waals surface area contributed by atoms with Crippen LogP contribution in [0.25, 0.3) is 0 Å². The Morgan fingerprint density at radius 2 is 2.11 bits per heavy atom. The van der Waals surface area contributed by atoms with Crippen molar-refractivity contribution in [3.05, 3.63) is 42.1 Å². The van der Waals surface area contributed by atoms with Gasteiger partial charge in [0.25, 0.3) is 0 Å². The van der Waals surface area contributed by atoms with Gasteiger partial charge in [0.05, 0.1) is 12.7 Å². The highest BCUT2D eigenvalue weighted by Crippen LogP contribution is 2.10. The van der Waals surface area contributed by atoms with Gasteiger partial charge in [0.2, 0.25) is 5.89 Å². The lowest BCUT2D eigenvalue weighted by molar-refractivity contribution is 0.250. The van der Waals surface area contributed by atoms with Crippen LogP contribution in [0.2, 0.25) is 0 Å². The van der Waals surface area contributed by atoms with Crippen LogP contribution in [0.15, 0.2) is 34.9 Å².